The number of hydrogen-bond donors (Lipinski definition) is 1. The maximum absolute atomic E-state index is 14.2. The molecule has 1 aromatic rings. The number of ether oxygens (including phenoxy) is 1. The molecular weight excluding hydrogens is 323 g/mol. The first-order valence-electron chi connectivity index (χ1n) is 7.79. The lowest BCUT2D eigenvalue weighted by atomic mass is 9.94. The van der Waals surface area contributed by atoms with Crippen LogP contribution in [0.5, 0.6) is 5.75 Å². The third-order valence-electron chi connectivity index (χ3n) is 4.63. The molecule has 1 aromatic carbocycles. The van der Waals surface area contributed by atoms with Gasteiger partial charge in [0.2, 0.25) is 5.82 Å². The second kappa shape index (κ2) is 5.81. The van der Waals surface area contributed by atoms with Gasteiger partial charge in [0.05, 0.1) is 18.4 Å². The molecule has 2 atom stereocenters. The number of methoxy groups -OCH3 is 1. The van der Waals surface area contributed by atoms with Gasteiger partial charge in [-0.05, 0) is 18.9 Å². The minimum atomic E-state index is -1.46. The van der Waals surface area contributed by atoms with E-state index in [1.165, 1.54) is 6.08 Å². The molecule has 4 nitrogen and oxygen atoms in total. The second-order valence-electron chi connectivity index (χ2n) is 6.31. The van der Waals surface area contributed by atoms with Crippen LogP contribution in [0.1, 0.15) is 26.2 Å². The van der Waals surface area contributed by atoms with Crippen molar-refractivity contribution in [2.75, 3.05) is 18.6 Å². The molecule has 0 saturated carbocycles. The minimum absolute atomic E-state index is 0.0822. The molecule has 1 fully saturated rings. The smallest absolute Gasteiger partial charge is 0.254 e. The topological polar surface area (TPSA) is 49.8 Å². The zero-order chi connectivity index (χ0) is 17.6. The number of carbonyl (C=O) groups excluding carboxylic acids is 1. The maximum Gasteiger partial charge on any atom is 0.254 e. The Bertz CT molecular complexity index is 734. The Labute approximate surface area is 137 Å². The Morgan fingerprint density at radius 2 is 2.08 bits per heavy atom. The van der Waals surface area contributed by atoms with Gasteiger partial charge >= 0.3 is 0 Å². The summed E-state index contributed by atoms with van der Waals surface area (Å²) >= 11 is 0. The van der Waals surface area contributed by atoms with E-state index in [0.29, 0.717) is 18.4 Å². The van der Waals surface area contributed by atoms with Crippen molar-refractivity contribution in [3.05, 3.63) is 35.2 Å². The molecule has 0 aromatic heterocycles. The zero-order valence-corrected chi connectivity index (χ0v) is 13.4. The number of hydrogen-bond acceptors (Lipinski definition) is 3. The molecule has 1 saturated heterocycles. The highest BCUT2D eigenvalue weighted by molar-refractivity contribution is 6.09. The third kappa shape index (κ3) is 2.47. The molecule has 7 heteroatoms. The van der Waals surface area contributed by atoms with Crippen molar-refractivity contribution in [1.29, 1.82) is 0 Å². The molecule has 0 bridgehead atoms. The maximum atomic E-state index is 14.2. The van der Waals surface area contributed by atoms with Crippen LogP contribution < -0.4 is 9.64 Å². The standard InChI is InChI=1S/C17H18F3NO3/c1-3-4-17(23)6-9-8-21(16(22)10(9)7-17)12-5-11(18)15(24-2)14(20)13(12)19/h5,7,9,23H,3-4,6,8H2,1-2H3/t9-,17?/m0/s1. The van der Waals surface area contributed by atoms with E-state index in [0.717, 1.165) is 24.5 Å². The van der Waals surface area contributed by atoms with Gasteiger partial charge in [-0.3, -0.25) is 4.79 Å². The summed E-state index contributed by atoms with van der Waals surface area (Å²) in [5.74, 6) is -5.50. The largest absolute Gasteiger partial charge is 0.491 e. The average Bonchev–Trinajstić information content (AvgIpc) is 2.99. The Balaban J connectivity index is 1.96. The average molecular weight is 341 g/mol. The molecule has 130 valence electrons. The molecular formula is C17H18F3NO3. The molecule has 1 aliphatic carbocycles. The summed E-state index contributed by atoms with van der Waals surface area (Å²) in [5.41, 5.74) is -1.11. The molecule has 1 N–H and O–H groups in total. The number of carbonyl (C=O) groups is 1. The van der Waals surface area contributed by atoms with Crippen LogP contribution in [0.4, 0.5) is 18.9 Å². The molecule has 0 spiro atoms. The van der Waals surface area contributed by atoms with Crippen LogP contribution in [0.3, 0.4) is 0 Å². The predicted molar refractivity (Wildman–Crippen MR) is 81.3 cm³/mol. The van der Waals surface area contributed by atoms with Crippen LogP contribution in [-0.4, -0.2) is 30.3 Å². The molecule has 1 unspecified atom stereocenters. The fourth-order valence-corrected chi connectivity index (χ4v) is 3.63. The van der Waals surface area contributed by atoms with Crippen LogP contribution in [0.25, 0.3) is 0 Å². The van der Waals surface area contributed by atoms with E-state index < -0.39 is 40.4 Å². The van der Waals surface area contributed by atoms with Crippen molar-refractivity contribution < 1.29 is 27.8 Å². The first kappa shape index (κ1) is 16.8. The highest BCUT2D eigenvalue weighted by atomic mass is 19.2. The SMILES string of the molecule is CCCC1(O)C=C2C(=O)N(c3cc(F)c(OC)c(F)c3F)C[C@@H]2C1. The van der Waals surface area contributed by atoms with Crippen LogP contribution in [0, 0.1) is 23.4 Å². The van der Waals surface area contributed by atoms with Gasteiger partial charge in [-0.2, -0.15) is 4.39 Å². The van der Waals surface area contributed by atoms with Gasteiger partial charge in [-0.15, -0.1) is 0 Å². The minimum Gasteiger partial charge on any atom is -0.491 e. The van der Waals surface area contributed by atoms with E-state index in [4.69, 9.17) is 0 Å². The molecule has 24 heavy (non-hydrogen) atoms. The van der Waals surface area contributed by atoms with Crippen LogP contribution in [-0.2, 0) is 4.79 Å². The van der Waals surface area contributed by atoms with E-state index in [1.54, 1.807) is 0 Å². The summed E-state index contributed by atoms with van der Waals surface area (Å²) in [5, 5.41) is 10.4. The Kier molecular flexibility index (Phi) is 4.07. The number of fused-ring (bicyclic) bond motifs is 1. The van der Waals surface area contributed by atoms with Crippen LogP contribution >= 0.6 is 0 Å². The molecule has 1 aliphatic heterocycles. The summed E-state index contributed by atoms with van der Waals surface area (Å²) in [7, 11) is 1.03. The van der Waals surface area contributed by atoms with Gasteiger partial charge in [-0.1, -0.05) is 13.3 Å². The van der Waals surface area contributed by atoms with Crippen LogP contribution in [0.2, 0.25) is 0 Å². The van der Waals surface area contributed by atoms with Crippen LogP contribution in [0.15, 0.2) is 17.7 Å². The monoisotopic (exact) mass is 341 g/mol. The van der Waals surface area contributed by atoms with E-state index in [2.05, 4.69) is 4.74 Å². The van der Waals surface area contributed by atoms with Gasteiger partial charge in [0.15, 0.2) is 17.4 Å². The number of anilines is 1. The van der Waals surface area contributed by atoms with Crippen molar-refractivity contribution >= 4 is 11.6 Å². The number of amides is 1. The van der Waals surface area contributed by atoms with Crippen molar-refractivity contribution in [3.8, 4) is 5.75 Å². The summed E-state index contributed by atoms with van der Waals surface area (Å²) in [6, 6.07) is 0.759. The van der Waals surface area contributed by atoms with Gasteiger partial charge in [-0.25, -0.2) is 8.78 Å². The summed E-state index contributed by atoms with van der Waals surface area (Å²) < 4.78 is 46.5. The Morgan fingerprint density at radius 3 is 2.67 bits per heavy atom. The molecule has 2 aliphatic rings. The van der Waals surface area contributed by atoms with Crippen molar-refractivity contribution in [2.45, 2.75) is 31.8 Å². The summed E-state index contributed by atoms with van der Waals surface area (Å²) in [6.45, 7) is 2.01. The highest BCUT2D eigenvalue weighted by Crippen LogP contribution is 2.44. The van der Waals surface area contributed by atoms with Crippen molar-refractivity contribution in [1.82, 2.24) is 0 Å². The predicted octanol–water partition coefficient (Wildman–Crippen LogP) is 2.94. The molecule has 0 radical (unpaired) electrons. The lowest BCUT2D eigenvalue weighted by Crippen LogP contribution is -2.31. The normalized spacial score (nSPS) is 25.9. The Hall–Kier alpha value is -2.02. The van der Waals surface area contributed by atoms with Gasteiger partial charge in [0, 0.05) is 24.1 Å². The number of aliphatic hydroxyl groups is 1. The summed E-state index contributed by atoms with van der Waals surface area (Å²) in [4.78, 5) is 13.5. The first-order chi connectivity index (χ1) is 11.3. The quantitative estimate of drug-likeness (QED) is 0.857. The second-order valence-corrected chi connectivity index (χ2v) is 6.31. The van der Waals surface area contributed by atoms with Crippen molar-refractivity contribution in [3.63, 3.8) is 0 Å². The summed E-state index contributed by atoms with van der Waals surface area (Å²) in [6.07, 6.45) is 3.15. The number of benzene rings is 1. The lowest BCUT2D eigenvalue weighted by molar-refractivity contribution is -0.114. The third-order valence-corrected chi connectivity index (χ3v) is 4.63. The first-order valence-corrected chi connectivity index (χ1v) is 7.79. The fourth-order valence-electron chi connectivity index (χ4n) is 3.63. The van der Waals surface area contributed by atoms with E-state index >= 15 is 0 Å². The van der Waals surface area contributed by atoms with Gasteiger partial charge < -0.3 is 14.7 Å². The number of rotatable bonds is 4. The number of halogens is 3. The fraction of sp³-hybridized carbons (Fsp3) is 0.471. The molecule has 1 amide bonds. The Morgan fingerprint density at radius 1 is 1.38 bits per heavy atom. The molecule has 1 heterocycles. The van der Waals surface area contributed by atoms with E-state index in [9.17, 15) is 23.1 Å². The highest BCUT2D eigenvalue weighted by Gasteiger charge is 2.47. The zero-order valence-electron chi connectivity index (χ0n) is 13.4. The van der Waals surface area contributed by atoms with Crippen molar-refractivity contribution in [2.24, 2.45) is 5.92 Å². The number of nitrogens with zero attached hydrogens (tertiary/aromatic N) is 1. The van der Waals surface area contributed by atoms with E-state index in [1.807, 2.05) is 6.92 Å². The molecule has 3 rings (SSSR count). The van der Waals surface area contributed by atoms with Gasteiger partial charge in [0.1, 0.15) is 0 Å². The van der Waals surface area contributed by atoms with Gasteiger partial charge in [0.25, 0.3) is 5.91 Å². The van der Waals surface area contributed by atoms with E-state index in [-0.39, 0.29) is 12.5 Å². The lowest BCUT2D eigenvalue weighted by Gasteiger charge is -2.24.